The smallest absolute Gasteiger partial charge is 0.348 e. The van der Waals surface area contributed by atoms with Crippen LogP contribution in [0.25, 0.3) is 0 Å². The number of benzene rings is 1. The zero-order valence-electron chi connectivity index (χ0n) is 14.6. The van der Waals surface area contributed by atoms with Crippen LogP contribution in [0.1, 0.15) is 51.7 Å². The third kappa shape index (κ3) is 4.12. The third-order valence-corrected chi connectivity index (χ3v) is 4.22. The SMILES string of the molecule is CC(C)Cc1ccc([C@@H](C)C(=O)O[C@H]2C(=O)OCC2(C)C)cc1. The average molecular weight is 318 g/mol. The van der Waals surface area contributed by atoms with E-state index in [9.17, 15) is 9.59 Å². The van der Waals surface area contributed by atoms with Gasteiger partial charge in [0, 0.05) is 5.41 Å². The van der Waals surface area contributed by atoms with Crippen molar-refractivity contribution in [3.05, 3.63) is 35.4 Å². The molecule has 1 aliphatic heterocycles. The van der Waals surface area contributed by atoms with Crippen LogP contribution in [0, 0.1) is 11.3 Å². The van der Waals surface area contributed by atoms with Crippen molar-refractivity contribution in [2.24, 2.45) is 11.3 Å². The van der Waals surface area contributed by atoms with Crippen molar-refractivity contribution in [3.63, 3.8) is 0 Å². The number of esters is 2. The molecular formula is C19H26O4. The van der Waals surface area contributed by atoms with E-state index >= 15 is 0 Å². The summed E-state index contributed by atoms with van der Waals surface area (Å²) >= 11 is 0. The lowest BCUT2D eigenvalue weighted by Gasteiger charge is -2.23. The molecule has 1 fully saturated rings. The molecule has 0 aliphatic carbocycles. The van der Waals surface area contributed by atoms with Crippen molar-refractivity contribution in [2.45, 2.75) is 53.1 Å². The molecule has 0 spiro atoms. The Morgan fingerprint density at radius 3 is 2.35 bits per heavy atom. The maximum atomic E-state index is 12.4. The first-order valence-corrected chi connectivity index (χ1v) is 8.16. The predicted octanol–water partition coefficient (Wildman–Crippen LogP) is 3.48. The lowest BCUT2D eigenvalue weighted by Crippen LogP contribution is -2.36. The fourth-order valence-corrected chi connectivity index (χ4v) is 2.70. The summed E-state index contributed by atoms with van der Waals surface area (Å²) in [6.07, 6.45) is 0.193. The number of ether oxygens (including phenoxy) is 2. The van der Waals surface area contributed by atoms with Crippen LogP contribution < -0.4 is 0 Å². The van der Waals surface area contributed by atoms with Gasteiger partial charge in [0.15, 0.2) is 0 Å². The molecule has 0 N–H and O–H groups in total. The van der Waals surface area contributed by atoms with Gasteiger partial charge in [0.1, 0.15) is 6.61 Å². The molecule has 4 nitrogen and oxygen atoms in total. The fraction of sp³-hybridized carbons (Fsp3) is 0.579. The van der Waals surface area contributed by atoms with E-state index in [0.717, 1.165) is 12.0 Å². The van der Waals surface area contributed by atoms with Gasteiger partial charge >= 0.3 is 11.9 Å². The van der Waals surface area contributed by atoms with E-state index in [1.54, 1.807) is 6.92 Å². The first-order valence-electron chi connectivity index (χ1n) is 8.16. The van der Waals surface area contributed by atoms with E-state index in [1.165, 1.54) is 5.56 Å². The Hall–Kier alpha value is -1.84. The van der Waals surface area contributed by atoms with Crippen molar-refractivity contribution in [2.75, 3.05) is 6.61 Å². The van der Waals surface area contributed by atoms with Crippen LogP contribution in [0.5, 0.6) is 0 Å². The van der Waals surface area contributed by atoms with Crippen LogP contribution in [0.2, 0.25) is 0 Å². The largest absolute Gasteiger partial charge is 0.462 e. The quantitative estimate of drug-likeness (QED) is 0.780. The van der Waals surface area contributed by atoms with Gasteiger partial charge in [-0.3, -0.25) is 4.79 Å². The Kier molecular flexibility index (Phi) is 5.12. The van der Waals surface area contributed by atoms with Gasteiger partial charge < -0.3 is 9.47 Å². The standard InChI is InChI=1S/C19H26O4/c1-12(2)10-14-6-8-15(9-7-14)13(3)17(20)23-16-18(21)22-11-19(16,4)5/h6-9,12-13,16H,10-11H2,1-5H3/t13-,16+/m1/s1. The van der Waals surface area contributed by atoms with Crippen LogP contribution in [-0.4, -0.2) is 24.6 Å². The third-order valence-electron chi connectivity index (χ3n) is 4.22. The second-order valence-corrected chi connectivity index (χ2v) is 7.47. The summed E-state index contributed by atoms with van der Waals surface area (Å²) < 4.78 is 10.4. The van der Waals surface area contributed by atoms with E-state index in [-0.39, 0.29) is 6.61 Å². The predicted molar refractivity (Wildman–Crippen MR) is 88.0 cm³/mol. The maximum Gasteiger partial charge on any atom is 0.348 e. The topological polar surface area (TPSA) is 52.6 Å². The van der Waals surface area contributed by atoms with Gasteiger partial charge in [0.05, 0.1) is 5.92 Å². The first kappa shape index (κ1) is 17.5. The van der Waals surface area contributed by atoms with Crippen molar-refractivity contribution in [1.29, 1.82) is 0 Å². The van der Waals surface area contributed by atoms with Crippen molar-refractivity contribution < 1.29 is 19.1 Å². The number of carbonyl (C=O) groups excluding carboxylic acids is 2. The van der Waals surface area contributed by atoms with Crippen LogP contribution in [0.15, 0.2) is 24.3 Å². The van der Waals surface area contributed by atoms with Crippen molar-refractivity contribution in [3.8, 4) is 0 Å². The zero-order chi connectivity index (χ0) is 17.2. The highest BCUT2D eigenvalue weighted by Gasteiger charge is 2.47. The molecule has 0 saturated carbocycles. The first-order chi connectivity index (χ1) is 10.7. The molecule has 1 heterocycles. The van der Waals surface area contributed by atoms with E-state index in [0.29, 0.717) is 5.92 Å². The summed E-state index contributed by atoms with van der Waals surface area (Å²) in [6, 6.07) is 8.02. The molecule has 0 radical (unpaired) electrons. The van der Waals surface area contributed by atoms with Gasteiger partial charge in [-0.25, -0.2) is 4.79 Å². The van der Waals surface area contributed by atoms with E-state index in [1.807, 2.05) is 38.1 Å². The summed E-state index contributed by atoms with van der Waals surface area (Å²) in [5.74, 6) is -0.660. The fourth-order valence-electron chi connectivity index (χ4n) is 2.70. The minimum atomic E-state index is -0.822. The Bertz CT molecular complexity index is 572. The van der Waals surface area contributed by atoms with Crippen LogP contribution in [0.3, 0.4) is 0 Å². The highest BCUT2D eigenvalue weighted by Crippen LogP contribution is 2.32. The van der Waals surface area contributed by atoms with E-state index < -0.39 is 29.4 Å². The lowest BCUT2D eigenvalue weighted by atomic mass is 9.89. The molecule has 1 aliphatic rings. The molecule has 0 unspecified atom stereocenters. The summed E-state index contributed by atoms with van der Waals surface area (Å²) in [5, 5.41) is 0. The minimum absolute atomic E-state index is 0.280. The van der Waals surface area contributed by atoms with Gasteiger partial charge in [-0.15, -0.1) is 0 Å². The van der Waals surface area contributed by atoms with Gasteiger partial charge in [-0.05, 0) is 30.4 Å². The Balaban J connectivity index is 2.03. The zero-order valence-corrected chi connectivity index (χ0v) is 14.6. The molecule has 2 rings (SSSR count). The van der Waals surface area contributed by atoms with Crippen LogP contribution in [0.4, 0.5) is 0 Å². The number of rotatable bonds is 5. The molecule has 4 heteroatoms. The molecule has 2 atom stereocenters. The Morgan fingerprint density at radius 1 is 1.26 bits per heavy atom. The molecule has 1 aromatic rings. The minimum Gasteiger partial charge on any atom is -0.462 e. The van der Waals surface area contributed by atoms with Crippen LogP contribution in [-0.2, 0) is 25.5 Å². The number of hydrogen-bond donors (Lipinski definition) is 0. The summed E-state index contributed by atoms with van der Waals surface area (Å²) in [5.41, 5.74) is 1.67. The molecule has 0 amide bonds. The molecule has 0 aromatic heterocycles. The van der Waals surface area contributed by atoms with Crippen molar-refractivity contribution in [1.82, 2.24) is 0 Å². The Morgan fingerprint density at radius 2 is 1.87 bits per heavy atom. The summed E-state index contributed by atoms with van der Waals surface area (Å²) in [7, 11) is 0. The molecular weight excluding hydrogens is 292 g/mol. The second kappa shape index (κ2) is 6.73. The molecule has 1 saturated heterocycles. The van der Waals surface area contributed by atoms with Gasteiger partial charge in [-0.1, -0.05) is 52.0 Å². The Labute approximate surface area is 138 Å². The van der Waals surface area contributed by atoms with Gasteiger partial charge in [0.2, 0.25) is 6.10 Å². The summed E-state index contributed by atoms with van der Waals surface area (Å²) in [6.45, 7) is 10.2. The van der Waals surface area contributed by atoms with E-state index in [4.69, 9.17) is 9.47 Å². The molecule has 126 valence electrons. The average Bonchev–Trinajstić information content (AvgIpc) is 2.73. The molecule has 0 bridgehead atoms. The van der Waals surface area contributed by atoms with E-state index in [2.05, 4.69) is 13.8 Å². The highest BCUT2D eigenvalue weighted by atomic mass is 16.6. The number of cyclic esters (lactones) is 1. The van der Waals surface area contributed by atoms with Crippen molar-refractivity contribution >= 4 is 11.9 Å². The molecule has 23 heavy (non-hydrogen) atoms. The maximum absolute atomic E-state index is 12.4. The second-order valence-electron chi connectivity index (χ2n) is 7.47. The monoisotopic (exact) mass is 318 g/mol. The number of hydrogen-bond acceptors (Lipinski definition) is 4. The normalized spacial score (nSPS) is 21.1. The van der Waals surface area contributed by atoms with Gasteiger partial charge in [0.25, 0.3) is 0 Å². The van der Waals surface area contributed by atoms with Gasteiger partial charge in [-0.2, -0.15) is 0 Å². The highest BCUT2D eigenvalue weighted by molar-refractivity contribution is 5.84. The summed E-state index contributed by atoms with van der Waals surface area (Å²) in [4.78, 5) is 24.1. The number of carbonyl (C=O) groups is 2. The van der Waals surface area contributed by atoms with Crippen LogP contribution >= 0.6 is 0 Å². The lowest BCUT2D eigenvalue weighted by molar-refractivity contribution is -0.164. The molecule has 1 aromatic carbocycles.